The first-order valence-electron chi connectivity index (χ1n) is 10.0. The summed E-state index contributed by atoms with van der Waals surface area (Å²) in [5, 5.41) is 0.457. The number of thiazole rings is 1. The minimum absolute atomic E-state index is 0.215. The molecule has 0 unspecified atom stereocenters. The van der Waals surface area contributed by atoms with E-state index in [9.17, 15) is 9.59 Å². The van der Waals surface area contributed by atoms with Crippen molar-refractivity contribution >= 4 is 35.0 Å². The third-order valence-electron chi connectivity index (χ3n) is 5.13. The number of hydrogen-bond acceptors (Lipinski definition) is 6. The van der Waals surface area contributed by atoms with E-state index in [1.54, 1.807) is 39.2 Å². The van der Waals surface area contributed by atoms with E-state index in [2.05, 4.69) is 4.99 Å². The van der Waals surface area contributed by atoms with Crippen molar-refractivity contribution < 1.29 is 14.3 Å². The third kappa shape index (κ3) is 4.01. The van der Waals surface area contributed by atoms with Crippen LogP contribution >= 0.6 is 22.9 Å². The molecule has 4 rings (SSSR count). The first-order chi connectivity index (χ1) is 15.4. The number of esters is 1. The van der Waals surface area contributed by atoms with Crippen molar-refractivity contribution in [2.75, 3.05) is 13.7 Å². The molecule has 32 heavy (non-hydrogen) atoms. The molecule has 0 amide bonds. The number of nitrogens with zero attached hydrogens (tertiary/aromatic N) is 2. The van der Waals surface area contributed by atoms with Crippen LogP contribution in [-0.4, -0.2) is 24.3 Å². The number of rotatable bonds is 5. The molecule has 2 heterocycles. The summed E-state index contributed by atoms with van der Waals surface area (Å²) >= 11 is 7.77. The quantitative estimate of drug-likeness (QED) is 0.538. The maximum Gasteiger partial charge on any atom is 0.338 e. The summed E-state index contributed by atoms with van der Waals surface area (Å²) in [5.41, 5.74) is 2.06. The second kappa shape index (κ2) is 9.14. The second-order valence-corrected chi connectivity index (χ2v) is 8.51. The van der Waals surface area contributed by atoms with Crippen LogP contribution in [-0.2, 0) is 9.53 Å². The zero-order valence-electron chi connectivity index (χ0n) is 17.8. The minimum Gasteiger partial charge on any atom is -0.497 e. The van der Waals surface area contributed by atoms with E-state index in [1.807, 2.05) is 36.4 Å². The van der Waals surface area contributed by atoms with E-state index in [0.717, 1.165) is 11.3 Å². The Kier molecular flexibility index (Phi) is 6.30. The van der Waals surface area contributed by atoms with Crippen LogP contribution in [0.4, 0.5) is 0 Å². The maximum atomic E-state index is 13.5. The lowest BCUT2D eigenvalue weighted by molar-refractivity contribution is -0.139. The molecule has 0 fully saturated rings. The molecule has 0 spiro atoms. The van der Waals surface area contributed by atoms with Gasteiger partial charge >= 0.3 is 5.97 Å². The maximum absolute atomic E-state index is 13.5. The summed E-state index contributed by atoms with van der Waals surface area (Å²) in [7, 11) is 1.60. The Bertz CT molecular complexity index is 1390. The van der Waals surface area contributed by atoms with E-state index >= 15 is 0 Å². The largest absolute Gasteiger partial charge is 0.497 e. The lowest BCUT2D eigenvalue weighted by Crippen LogP contribution is -2.40. The van der Waals surface area contributed by atoms with E-state index < -0.39 is 12.0 Å². The number of methoxy groups -OCH3 is 1. The molecular formula is C24H21ClN2O4S. The molecule has 0 aliphatic carbocycles. The summed E-state index contributed by atoms with van der Waals surface area (Å²) in [6.45, 7) is 3.70. The van der Waals surface area contributed by atoms with Gasteiger partial charge in [-0.25, -0.2) is 9.79 Å². The average Bonchev–Trinajstić information content (AvgIpc) is 3.08. The molecule has 0 radical (unpaired) electrons. The highest BCUT2D eigenvalue weighted by Gasteiger charge is 2.34. The number of ether oxygens (including phenoxy) is 2. The van der Waals surface area contributed by atoms with Crippen LogP contribution in [0.25, 0.3) is 6.08 Å². The number of allylic oxidation sites excluding steroid dienone is 1. The average molecular weight is 469 g/mol. The summed E-state index contributed by atoms with van der Waals surface area (Å²) in [6, 6.07) is 13.9. The Morgan fingerprint density at radius 3 is 2.59 bits per heavy atom. The summed E-state index contributed by atoms with van der Waals surface area (Å²) in [6.07, 6.45) is 1.80. The molecule has 1 atom stereocenters. The van der Waals surface area contributed by atoms with Gasteiger partial charge in [0.15, 0.2) is 4.80 Å². The smallest absolute Gasteiger partial charge is 0.338 e. The predicted molar refractivity (Wildman–Crippen MR) is 125 cm³/mol. The number of carbonyl (C=O) groups is 1. The Labute approximate surface area is 193 Å². The highest BCUT2D eigenvalue weighted by Crippen LogP contribution is 2.34. The van der Waals surface area contributed by atoms with Gasteiger partial charge in [0.25, 0.3) is 5.56 Å². The van der Waals surface area contributed by atoms with Gasteiger partial charge in [-0.2, -0.15) is 0 Å². The lowest BCUT2D eigenvalue weighted by Gasteiger charge is -2.25. The molecule has 3 aromatic rings. The van der Waals surface area contributed by atoms with Crippen molar-refractivity contribution in [3.05, 3.63) is 95.6 Å². The number of hydrogen-bond donors (Lipinski definition) is 0. The molecule has 1 aliphatic rings. The zero-order valence-corrected chi connectivity index (χ0v) is 19.4. The molecular weight excluding hydrogens is 448 g/mol. The van der Waals surface area contributed by atoms with Gasteiger partial charge in [0, 0.05) is 5.02 Å². The standard InChI is InChI=1S/C24H21ClN2O4S/c1-4-31-23(29)20-14(2)26-24-27(21(20)17-7-5-6-8-18(17)25)22(28)19(32-24)13-15-9-11-16(30-3)12-10-15/h5-13,21H,4H2,1-3H3/b19-13+/t21-/m1/s1. The fourth-order valence-corrected chi connectivity index (χ4v) is 4.92. The second-order valence-electron chi connectivity index (χ2n) is 7.10. The van der Waals surface area contributed by atoms with Crippen LogP contribution in [0.5, 0.6) is 5.75 Å². The highest BCUT2D eigenvalue weighted by atomic mass is 35.5. The molecule has 6 nitrogen and oxygen atoms in total. The summed E-state index contributed by atoms with van der Waals surface area (Å²) < 4.78 is 12.5. The number of halogens is 1. The normalized spacial score (nSPS) is 15.9. The van der Waals surface area contributed by atoms with E-state index in [0.29, 0.717) is 31.2 Å². The van der Waals surface area contributed by atoms with Crippen molar-refractivity contribution in [1.29, 1.82) is 0 Å². The highest BCUT2D eigenvalue weighted by molar-refractivity contribution is 7.07. The van der Waals surface area contributed by atoms with Gasteiger partial charge in [0.05, 0.1) is 29.5 Å². The molecule has 0 N–H and O–H groups in total. The molecule has 0 saturated heterocycles. The Hall–Kier alpha value is -3.16. The molecule has 1 aliphatic heterocycles. The summed E-state index contributed by atoms with van der Waals surface area (Å²) in [4.78, 5) is 31.4. The van der Waals surface area contributed by atoms with Gasteiger partial charge in [-0.1, -0.05) is 53.3 Å². The van der Waals surface area contributed by atoms with Crippen molar-refractivity contribution in [2.45, 2.75) is 19.9 Å². The fourth-order valence-electron chi connectivity index (χ4n) is 3.63. The Morgan fingerprint density at radius 1 is 1.22 bits per heavy atom. The zero-order chi connectivity index (χ0) is 22.8. The molecule has 2 aromatic carbocycles. The lowest BCUT2D eigenvalue weighted by atomic mass is 9.96. The van der Waals surface area contributed by atoms with Crippen molar-refractivity contribution in [2.24, 2.45) is 4.99 Å². The summed E-state index contributed by atoms with van der Waals surface area (Å²) in [5.74, 6) is 0.222. The fraction of sp³-hybridized carbons (Fsp3) is 0.208. The van der Waals surface area contributed by atoms with Gasteiger partial charge in [0.2, 0.25) is 0 Å². The predicted octanol–water partition coefficient (Wildman–Crippen LogP) is 3.46. The molecule has 0 saturated carbocycles. The van der Waals surface area contributed by atoms with Gasteiger partial charge in [-0.15, -0.1) is 0 Å². The van der Waals surface area contributed by atoms with Gasteiger partial charge in [-0.3, -0.25) is 9.36 Å². The first-order valence-corrected chi connectivity index (χ1v) is 11.2. The monoisotopic (exact) mass is 468 g/mol. The Morgan fingerprint density at radius 2 is 1.94 bits per heavy atom. The molecule has 1 aromatic heterocycles. The SMILES string of the molecule is CCOC(=O)C1=C(C)N=c2s/c(=C/c3ccc(OC)cc3)c(=O)n2[C@@H]1c1ccccc1Cl. The van der Waals surface area contributed by atoms with Gasteiger partial charge in [-0.05, 0) is 49.2 Å². The number of benzene rings is 2. The number of carbonyl (C=O) groups excluding carboxylic acids is 1. The van der Waals surface area contributed by atoms with E-state index in [-0.39, 0.29) is 12.2 Å². The number of aromatic nitrogens is 1. The van der Waals surface area contributed by atoms with Crippen LogP contribution in [0.3, 0.4) is 0 Å². The number of fused-ring (bicyclic) bond motifs is 1. The van der Waals surface area contributed by atoms with E-state index in [1.165, 1.54) is 15.9 Å². The van der Waals surface area contributed by atoms with Crippen molar-refractivity contribution in [1.82, 2.24) is 4.57 Å². The first kappa shape index (κ1) is 22.0. The van der Waals surface area contributed by atoms with Crippen LogP contribution < -0.4 is 19.6 Å². The topological polar surface area (TPSA) is 69.9 Å². The molecule has 164 valence electrons. The minimum atomic E-state index is -0.725. The third-order valence-corrected chi connectivity index (χ3v) is 6.46. The van der Waals surface area contributed by atoms with Crippen molar-refractivity contribution in [3.63, 3.8) is 0 Å². The molecule has 8 heteroatoms. The molecule has 0 bridgehead atoms. The van der Waals surface area contributed by atoms with Crippen LogP contribution in [0.15, 0.2) is 69.6 Å². The van der Waals surface area contributed by atoms with Crippen LogP contribution in [0.2, 0.25) is 5.02 Å². The van der Waals surface area contributed by atoms with Crippen LogP contribution in [0, 0.1) is 0 Å². The van der Waals surface area contributed by atoms with Crippen molar-refractivity contribution in [3.8, 4) is 5.75 Å². The van der Waals surface area contributed by atoms with Crippen LogP contribution in [0.1, 0.15) is 31.0 Å². The Balaban J connectivity index is 1.94. The van der Waals surface area contributed by atoms with Gasteiger partial charge in [0.1, 0.15) is 11.8 Å². The van der Waals surface area contributed by atoms with Gasteiger partial charge < -0.3 is 9.47 Å². The van der Waals surface area contributed by atoms with E-state index in [4.69, 9.17) is 21.1 Å².